The summed E-state index contributed by atoms with van der Waals surface area (Å²) in [6, 6.07) is 6.94. The van der Waals surface area contributed by atoms with Gasteiger partial charge in [0.05, 0.1) is 12.2 Å². The van der Waals surface area contributed by atoms with Gasteiger partial charge in [-0.15, -0.1) is 16.9 Å². The first-order chi connectivity index (χ1) is 14.6. The molecular weight excluding hydrogens is 441 g/mol. The smallest absolute Gasteiger partial charge is 0.433 e. The molecule has 2 aromatic rings. The summed E-state index contributed by atoms with van der Waals surface area (Å²) in [5.41, 5.74) is -0.722. The van der Waals surface area contributed by atoms with E-state index in [0.717, 1.165) is 11.9 Å². The van der Waals surface area contributed by atoms with Crippen LogP contribution in [0.1, 0.15) is 16.8 Å². The van der Waals surface area contributed by atoms with E-state index < -0.39 is 55.1 Å². The van der Waals surface area contributed by atoms with Gasteiger partial charge in [0.25, 0.3) is 0 Å². The van der Waals surface area contributed by atoms with Gasteiger partial charge in [0, 0.05) is 18.4 Å². The van der Waals surface area contributed by atoms with E-state index in [4.69, 9.17) is 9.47 Å². The van der Waals surface area contributed by atoms with E-state index in [1.54, 1.807) is 24.3 Å². The lowest BCUT2D eigenvalue weighted by atomic mass is 9.99. The van der Waals surface area contributed by atoms with Gasteiger partial charge in [-0.2, -0.15) is 13.2 Å². The van der Waals surface area contributed by atoms with Crippen LogP contribution in [-0.4, -0.2) is 73.8 Å². The molecular formula is C19H23F3N2O6S. The fourth-order valence-electron chi connectivity index (χ4n) is 3.37. The summed E-state index contributed by atoms with van der Waals surface area (Å²) in [7, 11) is 1.11. The Morgan fingerprint density at radius 1 is 1.13 bits per heavy atom. The van der Waals surface area contributed by atoms with Crippen molar-refractivity contribution in [2.75, 3.05) is 12.9 Å². The zero-order valence-electron chi connectivity index (χ0n) is 16.7. The summed E-state index contributed by atoms with van der Waals surface area (Å²) in [6.07, 6.45) is -11.1. The van der Waals surface area contributed by atoms with Gasteiger partial charge in [0.2, 0.25) is 12.2 Å². The van der Waals surface area contributed by atoms with Crippen LogP contribution < -0.4 is 4.74 Å². The van der Waals surface area contributed by atoms with Gasteiger partial charge in [-0.25, -0.2) is 0 Å². The van der Waals surface area contributed by atoms with E-state index >= 15 is 0 Å². The van der Waals surface area contributed by atoms with Crippen molar-refractivity contribution in [3.05, 3.63) is 41.1 Å². The lowest BCUT2D eigenvalue weighted by molar-refractivity contribution is -0.278. The first-order valence-corrected chi connectivity index (χ1v) is 10.5. The summed E-state index contributed by atoms with van der Waals surface area (Å²) in [4.78, 5) is 0.948. The minimum atomic E-state index is -4.73. The third kappa shape index (κ3) is 4.99. The Balaban J connectivity index is 1.96. The number of ether oxygens (including phenoxy) is 2. The van der Waals surface area contributed by atoms with E-state index in [0.29, 0.717) is 10.2 Å². The van der Waals surface area contributed by atoms with Crippen molar-refractivity contribution < 1.29 is 43.1 Å². The maximum Gasteiger partial charge on any atom is 0.433 e. The molecule has 1 saturated heterocycles. The lowest BCUT2D eigenvalue weighted by Crippen LogP contribution is -2.60. The van der Waals surface area contributed by atoms with Gasteiger partial charge in [-0.05, 0) is 24.0 Å². The van der Waals surface area contributed by atoms with Gasteiger partial charge in [-0.1, -0.05) is 12.1 Å². The molecule has 2 heterocycles. The molecule has 3 rings (SSSR count). The molecule has 12 heteroatoms. The molecule has 172 valence electrons. The highest BCUT2D eigenvalue weighted by molar-refractivity contribution is 7.98. The number of hydrogen-bond donors (Lipinski definition) is 4. The Kier molecular flexibility index (Phi) is 7.18. The summed E-state index contributed by atoms with van der Waals surface area (Å²) < 4.78 is 52.5. The number of hydrogen-bond acceptors (Lipinski definition) is 8. The van der Waals surface area contributed by atoms with Gasteiger partial charge >= 0.3 is 6.18 Å². The van der Waals surface area contributed by atoms with Crippen molar-refractivity contribution in [1.29, 1.82) is 0 Å². The Labute approximate surface area is 180 Å². The SMILES string of the molecule is CSc1ccc(Cc2c(O[C@@H]3O[C@H](CO)[C@@H](O)[C@H](O)[C@H]3O)nn(C)c2C(F)(F)F)cc1. The number of halogens is 3. The van der Waals surface area contributed by atoms with Crippen LogP contribution >= 0.6 is 11.8 Å². The number of nitrogens with zero attached hydrogens (tertiary/aromatic N) is 2. The van der Waals surface area contributed by atoms with Crippen molar-refractivity contribution in [3.8, 4) is 5.88 Å². The highest BCUT2D eigenvalue weighted by Gasteiger charge is 2.46. The third-order valence-electron chi connectivity index (χ3n) is 4.99. The second-order valence-electron chi connectivity index (χ2n) is 7.09. The molecule has 0 unspecified atom stereocenters. The molecule has 0 amide bonds. The summed E-state index contributed by atoms with van der Waals surface area (Å²) in [5, 5.41) is 43.0. The average Bonchev–Trinajstić information content (AvgIpc) is 3.03. The largest absolute Gasteiger partial charge is 0.443 e. The summed E-state index contributed by atoms with van der Waals surface area (Å²) in [5.74, 6) is -0.437. The molecule has 4 N–H and O–H groups in total. The number of aliphatic hydroxyl groups is 4. The maximum absolute atomic E-state index is 13.7. The van der Waals surface area contributed by atoms with Crippen molar-refractivity contribution in [1.82, 2.24) is 9.78 Å². The van der Waals surface area contributed by atoms with Crippen molar-refractivity contribution >= 4 is 11.8 Å². The minimum absolute atomic E-state index is 0.163. The molecule has 1 aliphatic heterocycles. The molecule has 0 radical (unpaired) electrons. The first-order valence-electron chi connectivity index (χ1n) is 9.30. The van der Waals surface area contributed by atoms with Crippen molar-refractivity contribution in [2.45, 2.75) is 48.2 Å². The Morgan fingerprint density at radius 3 is 2.32 bits per heavy atom. The molecule has 1 aromatic heterocycles. The molecule has 8 nitrogen and oxygen atoms in total. The lowest BCUT2D eigenvalue weighted by Gasteiger charge is -2.39. The molecule has 1 fully saturated rings. The van der Waals surface area contributed by atoms with Crippen LogP contribution in [-0.2, 0) is 24.4 Å². The number of thioether (sulfide) groups is 1. The third-order valence-corrected chi connectivity index (χ3v) is 5.74. The van der Waals surface area contributed by atoms with Crippen LogP contribution in [0.15, 0.2) is 29.2 Å². The first kappa shape index (κ1) is 23.8. The van der Waals surface area contributed by atoms with Crippen LogP contribution in [0.4, 0.5) is 13.2 Å². The zero-order chi connectivity index (χ0) is 22.9. The second kappa shape index (κ2) is 9.35. The number of aromatic nitrogens is 2. The molecule has 0 spiro atoms. The topological polar surface area (TPSA) is 117 Å². The van der Waals surface area contributed by atoms with Gasteiger partial charge in [0.1, 0.15) is 30.1 Å². The summed E-state index contributed by atoms with van der Waals surface area (Å²) >= 11 is 1.49. The highest BCUT2D eigenvalue weighted by atomic mass is 32.2. The molecule has 0 saturated carbocycles. The average molecular weight is 464 g/mol. The van der Waals surface area contributed by atoms with E-state index in [9.17, 15) is 33.6 Å². The van der Waals surface area contributed by atoms with Crippen LogP contribution in [0.2, 0.25) is 0 Å². The summed E-state index contributed by atoms with van der Waals surface area (Å²) in [6.45, 7) is -0.699. The van der Waals surface area contributed by atoms with E-state index in [-0.39, 0.29) is 12.0 Å². The van der Waals surface area contributed by atoms with Crippen molar-refractivity contribution in [3.63, 3.8) is 0 Å². The van der Waals surface area contributed by atoms with Gasteiger partial charge in [0.15, 0.2) is 0 Å². The highest BCUT2D eigenvalue weighted by Crippen LogP contribution is 2.38. The fraction of sp³-hybridized carbons (Fsp3) is 0.526. The number of rotatable bonds is 6. The predicted octanol–water partition coefficient (Wildman–Crippen LogP) is 0.930. The van der Waals surface area contributed by atoms with Crippen LogP contribution in [0.5, 0.6) is 5.88 Å². The molecule has 0 aliphatic carbocycles. The Bertz CT molecular complexity index is 890. The van der Waals surface area contributed by atoms with Crippen LogP contribution in [0.25, 0.3) is 0 Å². The number of aryl methyl sites for hydroxylation is 1. The van der Waals surface area contributed by atoms with Gasteiger partial charge in [-0.3, -0.25) is 4.68 Å². The fourth-order valence-corrected chi connectivity index (χ4v) is 3.78. The van der Waals surface area contributed by atoms with E-state index in [1.807, 2.05) is 6.26 Å². The number of alkyl halides is 3. The van der Waals surface area contributed by atoms with Crippen LogP contribution in [0.3, 0.4) is 0 Å². The zero-order valence-corrected chi connectivity index (χ0v) is 17.5. The normalized spacial score (nSPS) is 26.8. The predicted molar refractivity (Wildman–Crippen MR) is 104 cm³/mol. The van der Waals surface area contributed by atoms with Crippen molar-refractivity contribution in [2.24, 2.45) is 7.05 Å². The monoisotopic (exact) mass is 464 g/mol. The molecule has 31 heavy (non-hydrogen) atoms. The Hall–Kier alpha value is -1.83. The molecule has 1 aliphatic rings. The van der Waals surface area contributed by atoms with E-state index in [2.05, 4.69) is 5.10 Å². The van der Waals surface area contributed by atoms with E-state index in [1.165, 1.54) is 11.8 Å². The maximum atomic E-state index is 13.7. The number of aliphatic hydroxyl groups excluding tert-OH is 4. The molecule has 5 atom stereocenters. The number of benzene rings is 1. The Morgan fingerprint density at radius 2 is 1.77 bits per heavy atom. The minimum Gasteiger partial charge on any atom is -0.443 e. The molecule has 1 aromatic carbocycles. The quantitative estimate of drug-likeness (QED) is 0.467. The molecule has 0 bridgehead atoms. The van der Waals surface area contributed by atoms with Gasteiger partial charge < -0.3 is 29.9 Å². The second-order valence-corrected chi connectivity index (χ2v) is 7.97. The standard InChI is InChI=1S/C19H23F3N2O6S/c1-24-16(19(20,21)22)11(7-9-3-5-10(31-2)6-4-9)17(23-24)30-18-15(28)14(27)13(26)12(8-25)29-18/h3-6,12-15,18,25-28H,7-8H2,1-2H3/t12-,13-,14+,15-,18+/m1/s1. The van der Waals surface area contributed by atoms with Crippen LogP contribution in [0, 0.1) is 0 Å².